The first-order chi connectivity index (χ1) is 9.79. The molecule has 0 saturated carbocycles. The molecule has 1 aliphatic heterocycles. The van der Waals surface area contributed by atoms with Gasteiger partial charge in [0.1, 0.15) is 10.7 Å². The quantitative estimate of drug-likeness (QED) is 0.852. The van der Waals surface area contributed by atoms with Crippen molar-refractivity contribution < 1.29 is 22.4 Å². The summed E-state index contributed by atoms with van der Waals surface area (Å²) in [5, 5.41) is 7.89. The normalized spacial score (nSPS) is 18.4. The third-order valence-corrected chi connectivity index (χ3v) is 4.75. The Morgan fingerprint density at radius 2 is 2.05 bits per heavy atom. The zero-order chi connectivity index (χ0) is 15.6. The van der Waals surface area contributed by atoms with Crippen molar-refractivity contribution in [2.75, 3.05) is 13.2 Å². The standard InChI is InChI=1S/C13H20N2O5S/c1-8(10-3-5-19-6-4-10)15-13(16)11-7-12(9(2)20-11)21(14,17)18/h7-8,10H,3-6H2,1-2H3,(H,15,16)(H2,14,17,18). The van der Waals surface area contributed by atoms with Crippen LogP contribution >= 0.6 is 0 Å². The molecule has 118 valence electrons. The van der Waals surface area contributed by atoms with Crippen LogP contribution in [0.5, 0.6) is 0 Å². The van der Waals surface area contributed by atoms with Gasteiger partial charge in [0.25, 0.3) is 5.91 Å². The third kappa shape index (κ3) is 3.84. The monoisotopic (exact) mass is 316 g/mol. The van der Waals surface area contributed by atoms with Gasteiger partial charge in [0.05, 0.1) is 0 Å². The number of hydrogen-bond donors (Lipinski definition) is 2. The van der Waals surface area contributed by atoms with Crippen LogP contribution in [0.15, 0.2) is 15.4 Å². The van der Waals surface area contributed by atoms with Crippen LogP contribution in [0.4, 0.5) is 0 Å². The minimum atomic E-state index is -3.89. The largest absolute Gasteiger partial charge is 0.455 e. The fourth-order valence-electron chi connectivity index (χ4n) is 2.47. The van der Waals surface area contributed by atoms with Gasteiger partial charge in [-0.1, -0.05) is 0 Å². The van der Waals surface area contributed by atoms with Crippen molar-refractivity contribution in [1.29, 1.82) is 0 Å². The summed E-state index contributed by atoms with van der Waals surface area (Å²) >= 11 is 0. The molecule has 1 fully saturated rings. The van der Waals surface area contributed by atoms with E-state index >= 15 is 0 Å². The van der Waals surface area contributed by atoms with E-state index in [0.717, 1.165) is 18.9 Å². The summed E-state index contributed by atoms with van der Waals surface area (Å²) in [5.41, 5.74) is 0. The van der Waals surface area contributed by atoms with Gasteiger partial charge >= 0.3 is 0 Å². The molecule has 8 heteroatoms. The van der Waals surface area contributed by atoms with Gasteiger partial charge < -0.3 is 14.5 Å². The molecule has 0 aliphatic carbocycles. The van der Waals surface area contributed by atoms with Gasteiger partial charge in [-0.25, -0.2) is 13.6 Å². The fraction of sp³-hybridized carbons (Fsp3) is 0.615. The second-order valence-corrected chi connectivity index (χ2v) is 6.82. The first kappa shape index (κ1) is 16.0. The molecule has 1 aliphatic rings. The highest BCUT2D eigenvalue weighted by Gasteiger charge is 2.25. The van der Waals surface area contributed by atoms with Crippen LogP contribution < -0.4 is 10.5 Å². The Morgan fingerprint density at radius 3 is 2.57 bits per heavy atom. The molecule has 1 aromatic heterocycles. The van der Waals surface area contributed by atoms with Crippen LogP contribution in [0.25, 0.3) is 0 Å². The highest BCUT2D eigenvalue weighted by molar-refractivity contribution is 7.89. The summed E-state index contributed by atoms with van der Waals surface area (Å²) in [6.45, 7) is 4.77. The lowest BCUT2D eigenvalue weighted by molar-refractivity contribution is 0.0534. The van der Waals surface area contributed by atoms with Crippen molar-refractivity contribution in [1.82, 2.24) is 5.32 Å². The number of sulfonamides is 1. The molecule has 1 amide bonds. The van der Waals surface area contributed by atoms with Crippen molar-refractivity contribution in [2.45, 2.75) is 37.6 Å². The molecule has 0 radical (unpaired) electrons. The molecular formula is C13H20N2O5S. The average Bonchev–Trinajstić information content (AvgIpc) is 2.82. The lowest BCUT2D eigenvalue weighted by Gasteiger charge is -2.28. The number of primary sulfonamides is 1. The SMILES string of the molecule is Cc1oc(C(=O)NC(C)C2CCOCC2)cc1S(N)(=O)=O. The van der Waals surface area contributed by atoms with Crippen LogP contribution in [0, 0.1) is 12.8 Å². The summed E-state index contributed by atoms with van der Waals surface area (Å²) in [6.07, 6.45) is 1.78. The van der Waals surface area contributed by atoms with Gasteiger partial charge in [-0.05, 0) is 32.6 Å². The first-order valence-corrected chi connectivity index (χ1v) is 8.35. The number of rotatable bonds is 4. The molecule has 1 unspecified atom stereocenters. The minimum absolute atomic E-state index is 0.0373. The van der Waals surface area contributed by atoms with E-state index in [1.165, 1.54) is 6.92 Å². The van der Waals surface area contributed by atoms with Gasteiger partial charge in [0.15, 0.2) is 5.76 Å². The van der Waals surface area contributed by atoms with Crippen LogP contribution in [0.1, 0.15) is 36.1 Å². The van der Waals surface area contributed by atoms with Crippen LogP contribution in [-0.4, -0.2) is 33.6 Å². The number of furan rings is 1. The van der Waals surface area contributed by atoms with E-state index in [2.05, 4.69) is 5.32 Å². The highest BCUT2D eigenvalue weighted by atomic mass is 32.2. The van der Waals surface area contributed by atoms with Gasteiger partial charge in [0, 0.05) is 25.3 Å². The van der Waals surface area contributed by atoms with Gasteiger partial charge in [0.2, 0.25) is 10.0 Å². The average molecular weight is 316 g/mol. The summed E-state index contributed by atoms with van der Waals surface area (Å²) in [6, 6.07) is 1.13. The van der Waals surface area contributed by atoms with E-state index < -0.39 is 15.9 Å². The lowest BCUT2D eigenvalue weighted by Crippen LogP contribution is -2.40. The molecule has 3 N–H and O–H groups in total. The Labute approximate surface area is 123 Å². The number of hydrogen-bond acceptors (Lipinski definition) is 5. The number of carbonyl (C=O) groups is 1. The molecule has 1 atom stereocenters. The third-order valence-electron chi connectivity index (χ3n) is 3.73. The summed E-state index contributed by atoms with van der Waals surface area (Å²) in [5.74, 6) is -0.0275. The van der Waals surface area contributed by atoms with E-state index in [9.17, 15) is 13.2 Å². The predicted molar refractivity (Wildman–Crippen MR) is 75.3 cm³/mol. The van der Waals surface area contributed by atoms with Gasteiger partial charge in [-0.2, -0.15) is 0 Å². The molecule has 1 saturated heterocycles. The molecule has 2 rings (SSSR count). The maximum Gasteiger partial charge on any atom is 0.287 e. The topological polar surface area (TPSA) is 112 Å². The Bertz CT molecular complexity index is 617. The number of nitrogens with one attached hydrogen (secondary N) is 1. The van der Waals surface area contributed by atoms with E-state index in [1.807, 2.05) is 6.92 Å². The molecule has 0 aromatic carbocycles. The molecule has 0 spiro atoms. The minimum Gasteiger partial charge on any atom is -0.455 e. The predicted octanol–water partition coefficient (Wildman–Crippen LogP) is 0.780. The van der Waals surface area contributed by atoms with E-state index in [-0.39, 0.29) is 22.5 Å². The number of amides is 1. The summed E-state index contributed by atoms with van der Waals surface area (Å²) < 4.78 is 33.1. The van der Waals surface area contributed by atoms with E-state index in [4.69, 9.17) is 14.3 Å². The number of carbonyl (C=O) groups excluding carboxylic acids is 1. The van der Waals surface area contributed by atoms with Crippen LogP contribution in [0.3, 0.4) is 0 Å². The maximum absolute atomic E-state index is 12.1. The Hall–Kier alpha value is -1.38. The Kier molecular flexibility index (Phi) is 4.70. The smallest absolute Gasteiger partial charge is 0.287 e. The van der Waals surface area contributed by atoms with Crippen molar-refractivity contribution >= 4 is 15.9 Å². The van der Waals surface area contributed by atoms with Gasteiger partial charge in [-0.3, -0.25) is 4.79 Å². The molecule has 1 aromatic rings. The van der Waals surface area contributed by atoms with Crippen LogP contribution in [-0.2, 0) is 14.8 Å². The summed E-state index contributed by atoms with van der Waals surface area (Å²) in [4.78, 5) is 12.0. The second kappa shape index (κ2) is 6.17. The van der Waals surface area contributed by atoms with E-state index in [1.54, 1.807) is 0 Å². The zero-order valence-corrected chi connectivity index (χ0v) is 12.9. The number of ether oxygens (including phenoxy) is 1. The number of nitrogens with two attached hydrogens (primary N) is 1. The molecular weight excluding hydrogens is 296 g/mol. The van der Waals surface area contributed by atoms with E-state index in [0.29, 0.717) is 19.1 Å². The Morgan fingerprint density at radius 1 is 1.43 bits per heavy atom. The fourth-order valence-corrected chi connectivity index (χ4v) is 3.18. The molecule has 2 heterocycles. The van der Waals surface area contributed by atoms with Crippen molar-refractivity contribution in [2.24, 2.45) is 11.1 Å². The maximum atomic E-state index is 12.1. The van der Waals surface area contributed by atoms with Gasteiger partial charge in [-0.15, -0.1) is 0 Å². The summed E-state index contributed by atoms with van der Waals surface area (Å²) in [7, 11) is -3.89. The van der Waals surface area contributed by atoms with Crippen molar-refractivity contribution in [3.8, 4) is 0 Å². The first-order valence-electron chi connectivity index (χ1n) is 6.81. The number of aryl methyl sites for hydroxylation is 1. The molecule has 0 bridgehead atoms. The van der Waals surface area contributed by atoms with Crippen LogP contribution in [0.2, 0.25) is 0 Å². The van der Waals surface area contributed by atoms with Crippen molar-refractivity contribution in [3.63, 3.8) is 0 Å². The Balaban J connectivity index is 2.06. The second-order valence-electron chi connectivity index (χ2n) is 5.29. The zero-order valence-electron chi connectivity index (χ0n) is 12.1. The molecule has 21 heavy (non-hydrogen) atoms. The lowest BCUT2D eigenvalue weighted by atomic mass is 9.93. The van der Waals surface area contributed by atoms with Crippen molar-refractivity contribution in [3.05, 3.63) is 17.6 Å². The molecule has 7 nitrogen and oxygen atoms in total. The highest BCUT2D eigenvalue weighted by Crippen LogP contribution is 2.21.